The summed E-state index contributed by atoms with van der Waals surface area (Å²) in [5, 5.41) is 0.251. The lowest BCUT2D eigenvalue weighted by Crippen LogP contribution is -2.30. The maximum Gasteiger partial charge on any atom is 0.339 e. The van der Waals surface area contributed by atoms with E-state index in [0.29, 0.717) is 5.56 Å². The molecule has 190 valence electrons. The molecule has 0 saturated heterocycles. The zero-order chi connectivity index (χ0) is 26.6. The van der Waals surface area contributed by atoms with Crippen LogP contribution >= 0.6 is 11.6 Å². The van der Waals surface area contributed by atoms with E-state index in [1.807, 2.05) is 0 Å². The molecule has 0 spiro atoms. The van der Waals surface area contributed by atoms with Crippen LogP contribution in [0.3, 0.4) is 0 Å². The van der Waals surface area contributed by atoms with Gasteiger partial charge in [-0.2, -0.15) is 8.42 Å². The van der Waals surface area contributed by atoms with Gasteiger partial charge in [-0.05, 0) is 78.4 Å². The van der Waals surface area contributed by atoms with Gasteiger partial charge < -0.3 is 9.08 Å². The molecule has 0 aromatic heterocycles. The number of nitrogens with zero attached hydrogens (tertiary/aromatic N) is 1. The molecule has 0 atom stereocenters. The van der Waals surface area contributed by atoms with Gasteiger partial charge in [0.1, 0.15) is 28.1 Å². The van der Waals surface area contributed by atoms with Crippen molar-refractivity contribution < 1.29 is 30.6 Å². The van der Waals surface area contributed by atoms with Gasteiger partial charge in [-0.3, -0.25) is 4.79 Å². The molecule has 0 bridgehead atoms. The van der Waals surface area contributed by atoms with Gasteiger partial charge in [-0.15, -0.1) is 0 Å². The van der Waals surface area contributed by atoms with Crippen LogP contribution in [0, 0.1) is 17.5 Å². The minimum absolute atomic E-state index is 0.00765. The highest BCUT2D eigenvalue weighted by atomic mass is 35.5. The summed E-state index contributed by atoms with van der Waals surface area (Å²) in [5.74, 6) is -2.34. The molecule has 10 heteroatoms. The largest absolute Gasteiger partial charge is 0.379 e. The summed E-state index contributed by atoms with van der Waals surface area (Å²) in [5.41, 5.74) is 0.880. The Bertz CT molecular complexity index is 1530. The molecule has 5 nitrogen and oxygen atoms in total. The van der Waals surface area contributed by atoms with Gasteiger partial charge in [0, 0.05) is 22.7 Å². The van der Waals surface area contributed by atoms with Crippen molar-refractivity contribution >= 4 is 27.6 Å². The summed E-state index contributed by atoms with van der Waals surface area (Å²) in [4.78, 5) is 14.4. The molecule has 0 aliphatic carbocycles. The number of carbonyl (C=O) groups is 1. The van der Waals surface area contributed by atoms with Gasteiger partial charge in [0.25, 0.3) is 5.91 Å². The van der Waals surface area contributed by atoms with E-state index in [1.54, 1.807) is 0 Å². The molecule has 1 amide bonds. The Labute approximate surface area is 216 Å². The van der Waals surface area contributed by atoms with E-state index in [0.717, 1.165) is 30.3 Å². The van der Waals surface area contributed by atoms with Crippen LogP contribution in [0.5, 0.6) is 5.75 Å². The van der Waals surface area contributed by atoms with Crippen molar-refractivity contribution in [1.82, 2.24) is 4.90 Å². The van der Waals surface area contributed by atoms with E-state index in [1.165, 1.54) is 65.6 Å². The third-order valence-electron chi connectivity index (χ3n) is 5.33. The summed E-state index contributed by atoms with van der Waals surface area (Å²) in [6.07, 6.45) is 0. The van der Waals surface area contributed by atoms with Crippen LogP contribution in [0.15, 0.2) is 95.9 Å². The summed E-state index contributed by atoms with van der Waals surface area (Å²) in [6.45, 7) is -0.187. The molecule has 0 saturated carbocycles. The van der Waals surface area contributed by atoms with Crippen LogP contribution in [0.4, 0.5) is 13.2 Å². The predicted molar refractivity (Wildman–Crippen MR) is 132 cm³/mol. The quantitative estimate of drug-likeness (QED) is 0.241. The van der Waals surface area contributed by atoms with E-state index in [9.17, 15) is 26.4 Å². The number of amides is 1. The third kappa shape index (κ3) is 6.69. The monoisotopic (exact) mass is 545 g/mol. The van der Waals surface area contributed by atoms with Crippen LogP contribution in [0.25, 0.3) is 0 Å². The molecular formula is C27H19ClF3NO4S. The van der Waals surface area contributed by atoms with Crippen molar-refractivity contribution in [2.75, 3.05) is 0 Å². The third-order valence-corrected chi connectivity index (χ3v) is 6.81. The first-order valence-corrected chi connectivity index (χ1v) is 12.7. The molecule has 0 radical (unpaired) electrons. The molecule has 4 aromatic rings. The van der Waals surface area contributed by atoms with Crippen molar-refractivity contribution in [3.8, 4) is 5.75 Å². The van der Waals surface area contributed by atoms with E-state index < -0.39 is 33.5 Å². The SMILES string of the molecule is O=C(c1cccc(F)c1)N(Cc1ccc(F)cc1)Cc1cc(Cl)ccc1OS(=O)(=O)c1ccc(F)cc1. The topological polar surface area (TPSA) is 63.7 Å². The Hall–Kier alpha value is -3.82. The van der Waals surface area contributed by atoms with Gasteiger partial charge in [0.2, 0.25) is 0 Å². The predicted octanol–water partition coefficient (Wildman–Crippen LogP) is 6.37. The maximum absolute atomic E-state index is 13.8. The van der Waals surface area contributed by atoms with Gasteiger partial charge in [0.05, 0.1) is 6.54 Å². The number of carbonyl (C=O) groups excluding carboxylic acids is 1. The fourth-order valence-corrected chi connectivity index (χ4v) is 4.70. The molecule has 37 heavy (non-hydrogen) atoms. The van der Waals surface area contributed by atoms with Gasteiger partial charge >= 0.3 is 10.1 Å². The van der Waals surface area contributed by atoms with E-state index in [-0.39, 0.29) is 39.9 Å². The maximum atomic E-state index is 13.8. The van der Waals surface area contributed by atoms with Crippen molar-refractivity contribution in [3.63, 3.8) is 0 Å². The number of benzene rings is 4. The first-order chi connectivity index (χ1) is 17.6. The molecule has 0 fully saturated rings. The van der Waals surface area contributed by atoms with E-state index in [2.05, 4.69) is 0 Å². The summed E-state index contributed by atoms with van der Waals surface area (Å²) < 4.78 is 71.5. The molecular weight excluding hydrogens is 527 g/mol. The van der Waals surface area contributed by atoms with Gasteiger partial charge in [-0.1, -0.05) is 29.8 Å². The first kappa shape index (κ1) is 26.2. The fourth-order valence-electron chi connectivity index (χ4n) is 3.54. The summed E-state index contributed by atoms with van der Waals surface area (Å²) in [6, 6.07) is 18.9. The Morgan fingerprint density at radius 2 is 1.43 bits per heavy atom. The second-order valence-corrected chi connectivity index (χ2v) is 10.0. The van der Waals surface area contributed by atoms with Crippen molar-refractivity contribution in [2.24, 2.45) is 0 Å². The summed E-state index contributed by atoms with van der Waals surface area (Å²) in [7, 11) is -4.35. The highest BCUT2D eigenvalue weighted by Gasteiger charge is 2.23. The molecule has 0 heterocycles. The zero-order valence-corrected chi connectivity index (χ0v) is 20.6. The number of halogens is 4. The first-order valence-electron chi connectivity index (χ1n) is 10.9. The lowest BCUT2D eigenvalue weighted by molar-refractivity contribution is 0.0729. The second-order valence-electron chi connectivity index (χ2n) is 8.04. The molecule has 0 aliphatic heterocycles. The number of hydrogen-bond acceptors (Lipinski definition) is 4. The Kier molecular flexibility index (Phi) is 7.85. The van der Waals surface area contributed by atoms with Crippen LogP contribution in [-0.4, -0.2) is 19.2 Å². The Balaban J connectivity index is 1.69. The van der Waals surface area contributed by atoms with E-state index in [4.69, 9.17) is 15.8 Å². The van der Waals surface area contributed by atoms with Crippen LogP contribution in [-0.2, 0) is 23.2 Å². The molecule has 0 unspecified atom stereocenters. The van der Waals surface area contributed by atoms with Gasteiger partial charge in [-0.25, -0.2) is 13.2 Å². The number of rotatable bonds is 8. The summed E-state index contributed by atoms with van der Waals surface area (Å²) >= 11 is 6.16. The minimum atomic E-state index is -4.35. The highest BCUT2D eigenvalue weighted by Crippen LogP contribution is 2.29. The van der Waals surface area contributed by atoms with Gasteiger partial charge in [0.15, 0.2) is 0 Å². The van der Waals surface area contributed by atoms with Crippen molar-refractivity contribution in [3.05, 3.63) is 130 Å². The zero-order valence-electron chi connectivity index (χ0n) is 19.1. The Morgan fingerprint density at radius 1 is 0.784 bits per heavy atom. The van der Waals surface area contributed by atoms with Crippen LogP contribution < -0.4 is 4.18 Å². The number of hydrogen-bond donors (Lipinski definition) is 0. The van der Waals surface area contributed by atoms with Crippen LogP contribution in [0.2, 0.25) is 5.02 Å². The molecule has 4 aromatic carbocycles. The average Bonchev–Trinajstić information content (AvgIpc) is 2.86. The van der Waals surface area contributed by atoms with Crippen molar-refractivity contribution in [1.29, 1.82) is 0 Å². The smallest absolute Gasteiger partial charge is 0.339 e. The molecule has 4 rings (SSSR count). The average molecular weight is 546 g/mol. The van der Waals surface area contributed by atoms with Crippen molar-refractivity contribution in [2.45, 2.75) is 18.0 Å². The standard InChI is InChI=1S/C27H19ClF3NO4S/c28-21-6-13-26(36-37(34,35)25-11-9-23(30)10-12-25)20(14-21)17-32(16-18-4-7-22(29)8-5-18)27(33)19-2-1-3-24(31)15-19/h1-15H,16-17H2. The normalized spacial score (nSPS) is 11.2. The van der Waals surface area contributed by atoms with E-state index >= 15 is 0 Å². The molecule has 0 aliphatic rings. The lowest BCUT2D eigenvalue weighted by atomic mass is 10.1. The fraction of sp³-hybridized carbons (Fsp3) is 0.0741. The second kappa shape index (κ2) is 11.1. The highest BCUT2D eigenvalue weighted by molar-refractivity contribution is 7.87. The van der Waals surface area contributed by atoms with Crippen LogP contribution in [0.1, 0.15) is 21.5 Å². The lowest BCUT2D eigenvalue weighted by Gasteiger charge is -2.24. The Morgan fingerprint density at radius 3 is 2.08 bits per heavy atom. The molecule has 0 N–H and O–H groups in total. The minimum Gasteiger partial charge on any atom is -0.379 e.